The number of hydrogen-bond donors (Lipinski definition) is 1. The van der Waals surface area contributed by atoms with E-state index in [0.717, 1.165) is 5.92 Å². The Morgan fingerprint density at radius 2 is 2.18 bits per heavy atom. The Labute approximate surface area is 105 Å². The number of imidazole rings is 1. The summed E-state index contributed by atoms with van der Waals surface area (Å²) in [6.45, 7) is 0. The van der Waals surface area contributed by atoms with Gasteiger partial charge in [0.15, 0.2) is 0 Å². The summed E-state index contributed by atoms with van der Waals surface area (Å²) in [5.41, 5.74) is 0. The van der Waals surface area contributed by atoms with Crippen molar-refractivity contribution in [1.29, 1.82) is 0 Å². The minimum Gasteiger partial charge on any atom is -0.337 e. The molecule has 1 aliphatic rings. The van der Waals surface area contributed by atoms with Gasteiger partial charge in [0.25, 0.3) is 0 Å². The Bertz CT molecular complexity index is 326. The average Bonchev–Trinajstić information content (AvgIpc) is 2.78. The molecule has 1 aromatic rings. The molecule has 17 heavy (non-hydrogen) atoms. The fourth-order valence-corrected chi connectivity index (χ4v) is 2.99. The molecular formula is C14H25N3. The Balaban J connectivity index is 1.85. The standard InChI is InChI=1S/C14H25N3/c1-15-13(14-16-10-11-17(14)2)9-8-12-6-4-3-5-7-12/h10-13,15H,3-9H2,1-2H3. The van der Waals surface area contributed by atoms with Gasteiger partial charge in [-0.1, -0.05) is 32.1 Å². The van der Waals surface area contributed by atoms with E-state index in [-0.39, 0.29) is 0 Å². The summed E-state index contributed by atoms with van der Waals surface area (Å²) in [6.07, 6.45) is 13.7. The molecule has 1 unspecified atom stereocenters. The summed E-state index contributed by atoms with van der Waals surface area (Å²) in [4.78, 5) is 4.45. The maximum absolute atomic E-state index is 4.45. The van der Waals surface area contributed by atoms with E-state index in [1.54, 1.807) is 0 Å². The molecule has 1 aliphatic carbocycles. The van der Waals surface area contributed by atoms with Gasteiger partial charge >= 0.3 is 0 Å². The molecule has 0 saturated heterocycles. The first kappa shape index (κ1) is 12.6. The summed E-state index contributed by atoms with van der Waals surface area (Å²) >= 11 is 0. The van der Waals surface area contributed by atoms with Gasteiger partial charge in [-0.3, -0.25) is 0 Å². The van der Waals surface area contributed by atoms with Crippen LogP contribution < -0.4 is 5.32 Å². The molecule has 1 atom stereocenters. The smallest absolute Gasteiger partial charge is 0.125 e. The fraction of sp³-hybridized carbons (Fsp3) is 0.786. The Morgan fingerprint density at radius 3 is 2.76 bits per heavy atom. The Kier molecular flexibility index (Phi) is 4.60. The van der Waals surface area contributed by atoms with Crippen molar-refractivity contribution in [3.05, 3.63) is 18.2 Å². The van der Waals surface area contributed by atoms with Crippen molar-refractivity contribution in [3.8, 4) is 0 Å². The second-order valence-corrected chi connectivity index (χ2v) is 5.32. The zero-order valence-electron chi connectivity index (χ0n) is 11.2. The summed E-state index contributed by atoms with van der Waals surface area (Å²) in [6, 6.07) is 0.414. The molecule has 2 rings (SSSR count). The Hall–Kier alpha value is -0.830. The van der Waals surface area contributed by atoms with E-state index in [1.165, 1.54) is 50.8 Å². The molecule has 1 heterocycles. The van der Waals surface area contributed by atoms with Crippen molar-refractivity contribution in [1.82, 2.24) is 14.9 Å². The molecule has 1 fully saturated rings. The molecule has 1 aromatic heterocycles. The van der Waals surface area contributed by atoms with Gasteiger partial charge in [-0.2, -0.15) is 0 Å². The molecule has 0 radical (unpaired) electrons. The van der Waals surface area contributed by atoms with Gasteiger partial charge < -0.3 is 9.88 Å². The van der Waals surface area contributed by atoms with Crippen LogP contribution in [0.3, 0.4) is 0 Å². The molecule has 0 aromatic carbocycles. The summed E-state index contributed by atoms with van der Waals surface area (Å²) in [7, 11) is 4.12. The average molecular weight is 235 g/mol. The molecule has 0 spiro atoms. The largest absolute Gasteiger partial charge is 0.337 e. The van der Waals surface area contributed by atoms with Gasteiger partial charge in [0.1, 0.15) is 5.82 Å². The van der Waals surface area contributed by atoms with Crippen LogP contribution >= 0.6 is 0 Å². The topological polar surface area (TPSA) is 29.9 Å². The van der Waals surface area contributed by atoms with Crippen LogP contribution in [0, 0.1) is 5.92 Å². The number of aromatic nitrogens is 2. The summed E-state index contributed by atoms with van der Waals surface area (Å²) < 4.78 is 2.13. The molecule has 0 aliphatic heterocycles. The lowest BCUT2D eigenvalue weighted by Crippen LogP contribution is -2.21. The van der Waals surface area contributed by atoms with Crippen molar-refractivity contribution < 1.29 is 0 Å². The van der Waals surface area contributed by atoms with E-state index in [0.29, 0.717) is 6.04 Å². The van der Waals surface area contributed by atoms with Crippen LogP contribution in [0.5, 0.6) is 0 Å². The molecule has 0 amide bonds. The molecule has 3 heteroatoms. The number of nitrogens with one attached hydrogen (secondary N) is 1. The van der Waals surface area contributed by atoms with Crippen molar-refractivity contribution in [2.45, 2.75) is 51.0 Å². The number of hydrogen-bond acceptors (Lipinski definition) is 2. The minimum atomic E-state index is 0.414. The van der Waals surface area contributed by atoms with E-state index in [4.69, 9.17) is 0 Å². The van der Waals surface area contributed by atoms with Gasteiger partial charge in [-0.05, 0) is 25.8 Å². The fourth-order valence-electron chi connectivity index (χ4n) is 2.99. The number of rotatable bonds is 5. The quantitative estimate of drug-likeness (QED) is 0.850. The summed E-state index contributed by atoms with van der Waals surface area (Å²) in [5, 5.41) is 3.40. The second kappa shape index (κ2) is 6.20. The van der Waals surface area contributed by atoms with E-state index < -0.39 is 0 Å². The van der Waals surface area contributed by atoms with E-state index in [1.807, 2.05) is 19.4 Å². The first-order valence-electron chi connectivity index (χ1n) is 6.95. The first-order valence-corrected chi connectivity index (χ1v) is 6.95. The van der Waals surface area contributed by atoms with Gasteiger partial charge in [0.05, 0.1) is 6.04 Å². The number of aryl methyl sites for hydroxylation is 1. The lowest BCUT2D eigenvalue weighted by Gasteiger charge is -2.24. The van der Waals surface area contributed by atoms with E-state index >= 15 is 0 Å². The third-order valence-corrected chi connectivity index (χ3v) is 4.11. The second-order valence-electron chi connectivity index (χ2n) is 5.32. The summed E-state index contributed by atoms with van der Waals surface area (Å²) in [5.74, 6) is 2.13. The van der Waals surface area contributed by atoms with E-state index in [9.17, 15) is 0 Å². The van der Waals surface area contributed by atoms with E-state index in [2.05, 4.69) is 21.9 Å². The highest BCUT2D eigenvalue weighted by Gasteiger charge is 2.18. The van der Waals surface area contributed by atoms with Crippen LogP contribution in [0.2, 0.25) is 0 Å². The third-order valence-electron chi connectivity index (χ3n) is 4.11. The monoisotopic (exact) mass is 235 g/mol. The highest BCUT2D eigenvalue weighted by Crippen LogP contribution is 2.29. The molecule has 96 valence electrons. The molecular weight excluding hydrogens is 210 g/mol. The van der Waals surface area contributed by atoms with Crippen LogP contribution in [-0.4, -0.2) is 16.6 Å². The zero-order chi connectivity index (χ0) is 12.1. The predicted octanol–water partition coefficient (Wildman–Crippen LogP) is 3.04. The van der Waals surface area contributed by atoms with Crippen molar-refractivity contribution in [2.75, 3.05) is 7.05 Å². The van der Waals surface area contributed by atoms with Crippen LogP contribution in [-0.2, 0) is 7.05 Å². The number of nitrogens with zero attached hydrogens (tertiary/aromatic N) is 2. The van der Waals surface area contributed by atoms with Gasteiger partial charge in [0.2, 0.25) is 0 Å². The highest BCUT2D eigenvalue weighted by molar-refractivity contribution is 4.98. The van der Waals surface area contributed by atoms with Crippen molar-refractivity contribution >= 4 is 0 Å². The molecule has 3 nitrogen and oxygen atoms in total. The maximum atomic E-state index is 4.45. The van der Waals surface area contributed by atoms with Crippen molar-refractivity contribution in [3.63, 3.8) is 0 Å². The van der Waals surface area contributed by atoms with Gasteiger partial charge in [0, 0.05) is 19.4 Å². The van der Waals surface area contributed by atoms with Gasteiger partial charge in [-0.15, -0.1) is 0 Å². The van der Waals surface area contributed by atoms with Crippen LogP contribution in [0.25, 0.3) is 0 Å². The predicted molar refractivity (Wildman–Crippen MR) is 70.8 cm³/mol. The first-order chi connectivity index (χ1) is 8.31. The zero-order valence-corrected chi connectivity index (χ0v) is 11.2. The maximum Gasteiger partial charge on any atom is 0.125 e. The lowest BCUT2D eigenvalue weighted by molar-refractivity contribution is 0.314. The van der Waals surface area contributed by atoms with Gasteiger partial charge in [-0.25, -0.2) is 4.98 Å². The molecule has 0 bridgehead atoms. The molecule has 1 saturated carbocycles. The Morgan fingerprint density at radius 1 is 1.41 bits per heavy atom. The third kappa shape index (κ3) is 3.32. The molecule has 1 N–H and O–H groups in total. The minimum absolute atomic E-state index is 0.414. The normalized spacial score (nSPS) is 19.4. The van der Waals surface area contributed by atoms with Crippen LogP contribution in [0.15, 0.2) is 12.4 Å². The highest BCUT2D eigenvalue weighted by atomic mass is 15.1. The SMILES string of the molecule is CNC(CCC1CCCCC1)c1nccn1C. The lowest BCUT2D eigenvalue weighted by atomic mass is 9.85. The van der Waals surface area contributed by atoms with Crippen LogP contribution in [0.1, 0.15) is 56.8 Å². The van der Waals surface area contributed by atoms with Crippen molar-refractivity contribution in [2.24, 2.45) is 13.0 Å². The van der Waals surface area contributed by atoms with Crippen LogP contribution in [0.4, 0.5) is 0 Å².